The van der Waals surface area contributed by atoms with E-state index in [0.717, 1.165) is 35.7 Å². The molecule has 2 heterocycles. The lowest BCUT2D eigenvalue weighted by Crippen LogP contribution is -2.31. The number of aliphatic hydroxyl groups excluding tert-OH is 3. The molecular formula is C23H30N6O5S. The summed E-state index contributed by atoms with van der Waals surface area (Å²) in [6.07, 6.45) is -1.40. The summed E-state index contributed by atoms with van der Waals surface area (Å²) in [5.74, 6) is 3.18. The molecule has 11 nitrogen and oxygen atoms in total. The normalized spacial score (nSPS) is 27.8. The number of nitrogens with one attached hydrogen (secondary N) is 1. The molecular weight excluding hydrogens is 472 g/mol. The lowest BCUT2D eigenvalue weighted by Gasteiger charge is -2.16. The molecule has 2 saturated carbocycles. The number of rotatable bonds is 9. The van der Waals surface area contributed by atoms with Gasteiger partial charge in [0.2, 0.25) is 0 Å². The number of ether oxygens (including phenoxy) is 2. The largest absolute Gasteiger partial charge is 0.497 e. The van der Waals surface area contributed by atoms with Crippen LogP contribution in [-0.4, -0.2) is 84.6 Å². The van der Waals surface area contributed by atoms with Crippen LogP contribution in [0.5, 0.6) is 11.5 Å². The molecule has 35 heavy (non-hydrogen) atoms. The first-order valence-corrected chi connectivity index (χ1v) is 12.7. The Hall–Kier alpha value is -2.67. The number of nitrogens with zero attached hydrogens (tertiary/aromatic N) is 5. The summed E-state index contributed by atoms with van der Waals surface area (Å²) in [5, 5.41) is 43.2. The van der Waals surface area contributed by atoms with Gasteiger partial charge < -0.3 is 30.1 Å². The number of fused-ring (bicyclic) bond motifs is 1. The number of aromatic nitrogens is 5. The van der Waals surface area contributed by atoms with Gasteiger partial charge >= 0.3 is 0 Å². The first-order valence-electron chi connectivity index (χ1n) is 11.7. The van der Waals surface area contributed by atoms with E-state index in [1.807, 2.05) is 18.2 Å². The van der Waals surface area contributed by atoms with Crippen molar-refractivity contribution in [2.24, 2.45) is 0 Å². The van der Waals surface area contributed by atoms with Crippen LogP contribution in [0.2, 0.25) is 0 Å². The second-order valence-corrected chi connectivity index (χ2v) is 10.1. The number of aliphatic hydroxyl groups is 3. The first kappa shape index (κ1) is 24.0. The molecule has 0 aliphatic heterocycles. The van der Waals surface area contributed by atoms with Gasteiger partial charge in [0.25, 0.3) is 0 Å². The molecule has 188 valence electrons. The van der Waals surface area contributed by atoms with E-state index < -0.39 is 24.4 Å². The van der Waals surface area contributed by atoms with Gasteiger partial charge in [0.1, 0.15) is 23.7 Å². The van der Waals surface area contributed by atoms with Crippen molar-refractivity contribution in [3.63, 3.8) is 0 Å². The highest BCUT2D eigenvalue weighted by Crippen LogP contribution is 2.45. The standard InChI is InChI=1S/C23H30N6O5S/c1-4-5-35-23-25-21(24-15-9-14(15)11-6-12(33-2)8-13(7-11)34-3)18-22(26-23)29(28-27-18)16-10-17(30)20(32)19(16)31/h6-8,14-17,19-20,30-32H,4-5,9-10H2,1-3H3,(H,24,25,26)/t14?,15?,16-,17+,19+,20-/m0/s1. The van der Waals surface area contributed by atoms with Crippen molar-refractivity contribution >= 4 is 28.7 Å². The Labute approximate surface area is 206 Å². The molecule has 3 aromatic rings. The quantitative estimate of drug-likeness (QED) is 0.250. The number of hydrogen-bond donors (Lipinski definition) is 4. The molecule has 0 radical (unpaired) electrons. The number of anilines is 1. The van der Waals surface area contributed by atoms with Gasteiger partial charge in [-0.05, 0) is 30.5 Å². The van der Waals surface area contributed by atoms with Crippen LogP contribution in [0.3, 0.4) is 0 Å². The van der Waals surface area contributed by atoms with Gasteiger partial charge in [-0.25, -0.2) is 14.6 Å². The lowest BCUT2D eigenvalue weighted by atomic mass is 10.1. The highest BCUT2D eigenvalue weighted by molar-refractivity contribution is 7.99. The molecule has 0 spiro atoms. The molecule has 2 fully saturated rings. The summed E-state index contributed by atoms with van der Waals surface area (Å²) in [4.78, 5) is 9.37. The zero-order valence-corrected chi connectivity index (χ0v) is 20.6. The molecule has 0 bridgehead atoms. The monoisotopic (exact) mass is 502 g/mol. The van der Waals surface area contributed by atoms with E-state index in [1.54, 1.807) is 14.2 Å². The molecule has 4 N–H and O–H groups in total. The Bertz CT molecular complexity index is 1190. The number of thioether (sulfide) groups is 1. The zero-order chi connectivity index (χ0) is 24.7. The van der Waals surface area contributed by atoms with Crippen molar-refractivity contribution in [1.82, 2.24) is 25.0 Å². The van der Waals surface area contributed by atoms with E-state index in [1.165, 1.54) is 16.4 Å². The molecule has 2 unspecified atom stereocenters. The third-order valence-electron chi connectivity index (χ3n) is 6.59. The van der Waals surface area contributed by atoms with E-state index >= 15 is 0 Å². The maximum Gasteiger partial charge on any atom is 0.191 e. The van der Waals surface area contributed by atoms with E-state index in [9.17, 15) is 15.3 Å². The second kappa shape index (κ2) is 9.76. The summed E-state index contributed by atoms with van der Waals surface area (Å²) in [6, 6.07) is 5.39. The third-order valence-corrected chi connectivity index (χ3v) is 7.64. The van der Waals surface area contributed by atoms with Crippen LogP contribution < -0.4 is 14.8 Å². The first-order chi connectivity index (χ1) is 16.9. The molecule has 2 aliphatic rings. The molecule has 5 rings (SSSR count). The minimum absolute atomic E-state index is 0.139. The smallest absolute Gasteiger partial charge is 0.191 e. The maximum atomic E-state index is 10.5. The Morgan fingerprint density at radius 3 is 2.43 bits per heavy atom. The fourth-order valence-corrected chi connectivity index (χ4v) is 5.25. The van der Waals surface area contributed by atoms with Crippen LogP contribution in [0.25, 0.3) is 11.2 Å². The van der Waals surface area contributed by atoms with Crippen molar-refractivity contribution in [2.45, 2.75) is 67.7 Å². The topological polar surface area (TPSA) is 148 Å². The van der Waals surface area contributed by atoms with Gasteiger partial charge in [0.05, 0.1) is 26.4 Å². The average molecular weight is 503 g/mol. The zero-order valence-electron chi connectivity index (χ0n) is 19.8. The Balaban J connectivity index is 1.45. The minimum atomic E-state index is -1.24. The van der Waals surface area contributed by atoms with Crippen LogP contribution in [0.15, 0.2) is 23.4 Å². The summed E-state index contributed by atoms with van der Waals surface area (Å²) < 4.78 is 12.3. The summed E-state index contributed by atoms with van der Waals surface area (Å²) in [7, 11) is 3.27. The Kier molecular flexibility index (Phi) is 6.71. The van der Waals surface area contributed by atoms with E-state index in [-0.39, 0.29) is 18.4 Å². The van der Waals surface area contributed by atoms with Crippen molar-refractivity contribution < 1.29 is 24.8 Å². The van der Waals surface area contributed by atoms with Gasteiger partial charge in [0.15, 0.2) is 22.1 Å². The lowest BCUT2D eigenvalue weighted by molar-refractivity contribution is -0.0253. The molecule has 1 aromatic carbocycles. The highest BCUT2D eigenvalue weighted by Gasteiger charge is 2.44. The number of hydrogen-bond acceptors (Lipinski definition) is 11. The Morgan fingerprint density at radius 1 is 1.06 bits per heavy atom. The van der Waals surface area contributed by atoms with Gasteiger partial charge in [-0.1, -0.05) is 23.9 Å². The highest BCUT2D eigenvalue weighted by atomic mass is 32.2. The average Bonchev–Trinajstić information content (AvgIpc) is 3.44. The van der Waals surface area contributed by atoms with Gasteiger partial charge in [-0.3, -0.25) is 0 Å². The minimum Gasteiger partial charge on any atom is -0.497 e. The third kappa shape index (κ3) is 4.63. The second-order valence-electron chi connectivity index (χ2n) is 9.00. The molecule has 12 heteroatoms. The number of benzene rings is 1. The van der Waals surface area contributed by atoms with Gasteiger partial charge in [0, 0.05) is 30.2 Å². The summed E-state index contributed by atoms with van der Waals surface area (Å²) in [5.41, 5.74) is 2.07. The van der Waals surface area contributed by atoms with Crippen LogP contribution >= 0.6 is 11.8 Å². The van der Waals surface area contributed by atoms with Crippen molar-refractivity contribution in [2.75, 3.05) is 25.3 Å². The molecule has 2 aromatic heterocycles. The van der Waals surface area contributed by atoms with E-state index in [4.69, 9.17) is 14.5 Å². The number of methoxy groups -OCH3 is 2. The summed E-state index contributed by atoms with van der Waals surface area (Å²) in [6.45, 7) is 2.09. The van der Waals surface area contributed by atoms with Crippen molar-refractivity contribution in [3.05, 3.63) is 23.8 Å². The van der Waals surface area contributed by atoms with Gasteiger partial charge in [-0.15, -0.1) is 5.10 Å². The van der Waals surface area contributed by atoms with Crippen molar-refractivity contribution in [1.29, 1.82) is 0 Å². The van der Waals surface area contributed by atoms with Crippen LogP contribution in [-0.2, 0) is 0 Å². The predicted octanol–water partition coefficient (Wildman–Crippen LogP) is 1.74. The Morgan fingerprint density at radius 2 is 1.80 bits per heavy atom. The predicted molar refractivity (Wildman–Crippen MR) is 130 cm³/mol. The van der Waals surface area contributed by atoms with E-state index in [0.29, 0.717) is 22.1 Å². The van der Waals surface area contributed by atoms with Crippen molar-refractivity contribution in [3.8, 4) is 11.5 Å². The van der Waals surface area contributed by atoms with Crippen LogP contribution in [0, 0.1) is 0 Å². The van der Waals surface area contributed by atoms with Crippen LogP contribution in [0.1, 0.15) is 43.7 Å². The fourth-order valence-electron chi connectivity index (χ4n) is 4.56. The summed E-state index contributed by atoms with van der Waals surface area (Å²) >= 11 is 1.54. The van der Waals surface area contributed by atoms with Crippen LogP contribution in [0.4, 0.5) is 5.82 Å². The van der Waals surface area contributed by atoms with Gasteiger partial charge in [-0.2, -0.15) is 0 Å². The SMILES string of the molecule is CCCSc1nc(NC2CC2c2cc(OC)cc(OC)c2)c2nnn([C@H]3C[C@@H](O)[C@H](O)[C@@H]3O)c2n1. The fraction of sp³-hybridized carbons (Fsp3) is 0.565. The van der Waals surface area contributed by atoms with E-state index in [2.05, 4.69) is 27.5 Å². The molecule has 2 aliphatic carbocycles. The molecule has 0 amide bonds. The molecule has 6 atom stereocenters. The molecule has 0 saturated heterocycles. The maximum absolute atomic E-state index is 10.5.